The van der Waals surface area contributed by atoms with Crippen LogP contribution >= 0.6 is 15.9 Å². The standard InChI is InChI=1S/C26H19BrO7/c1-2-31-26(30)17-5-9-19(10-6-17)34-24-15-33-23-13-20(11-12-21(23)25(24)29)32-14-22(28)16-3-7-18(27)8-4-16/h3-13,15H,2,14H2,1H3. The van der Waals surface area contributed by atoms with Gasteiger partial charge in [-0.1, -0.05) is 28.1 Å². The van der Waals surface area contributed by atoms with Crippen molar-refractivity contribution in [1.29, 1.82) is 0 Å². The lowest BCUT2D eigenvalue weighted by atomic mass is 10.1. The van der Waals surface area contributed by atoms with Crippen LogP contribution in [-0.2, 0) is 4.74 Å². The van der Waals surface area contributed by atoms with E-state index >= 15 is 0 Å². The molecule has 0 aliphatic rings. The number of carbonyl (C=O) groups excluding carboxylic acids is 2. The fourth-order valence-electron chi connectivity index (χ4n) is 3.12. The highest BCUT2D eigenvalue weighted by molar-refractivity contribution is 9.10. The third-order valence-corrected chi connectivity index (χ3v) is 5.37. The van der Waals surface area contributed by atoms with Gasteiger partial charge in [-0.15, -0.1) is 0 Å². The fourth-order valence-corrected chi connectivity index (χ4v) is 3.38. The van der Waals surface area contributed by atoms with Crippen molar-refractivity contribution in [2.75, 3.05) is 13.2 Å². The summed E-state index contributed by atoms with van der Waals surface area (Å²) in [4.78, 5) is 36.9. The van der Waals surface area contributed by atoms with Crippen LogP contribution in [0.4, 0.5) is 0 Å². The monoisotopic (exact) mass is 522 g/mol. The van der Waals surface area contributed by atoms with Gasteiger partial charge in [-0.05, 0) is 55.5 Å². The van der Waals surface area contributed by atoms with Crippen molar-refractivity contribution >= 4 is 38.7 Å². The van der Waals surface area contributed by atoms with E-state index in [1.807, 2.05) is 0 Å². The smallest absolute Gasteiger partial charge is 0.338 e. The van der Waals surface area contributed by atoms with E-state index in [1.54, 1.807) is 73.7 Å². The third-order valence-electron chi connectivity index (χ3n) is 4.84. The molecule has 0 aliphatic heterocycles. The summed E-state index contributed by atoms with van der Waals surface area (Å²) in [6.45, 7) is 1.86. The molecule has 0 unspecified atom stereocenters. The lowest BCUT2D eigenvalue weighted by Gasteiger charge is -2.08. The topological polar surface area (TPSA) is 92.0 Å². The van der Waals surface area contributed by atoms with E-state index in [0.29, 0.717) is 33.6 Å². The van der Waals surface area contributed by atoms with Crippen molar-refractivity contribution in [3.05, 3.63) is 98.8 Å². The molecule has 0 bridgehead atoms. The number of benzene rings is 3. The van der Waals surface area contributed by atoms with Gasteiger partial charge >= 0.3 is 5.97 Å². The van der Waals surface area contributed by atoms with E-state index in [-0.39, 0.29) is 30.2 Å². The Kier molecular flexibility index (Phi) is 7.08. The molecule has 4 aromatic rings. The summed E-state index contributed by atoms with van der Waals surface area (Å²) in [7, 11) is 0. The van der Waals surface area contributed by atoms with Gasteiger partial charge < -0.3 is 18.6 Å². The van der Waals surface area contributed by atoms with Crippen molar-refractivity contribution in [2.24, 2.45) is 0 Å². The lowest BCUT2D eigenvalue weighted by Crippen LogP contribution is -2.11. The van der Waals surface area contributed by atoms with Crippen LogP contribution in [0.25, 0.3) is 11.0 Å². The van der Waals surface area contributed by atoms with Crippen molar-refractivity contribution in [3.63, 3.8) is 0 Å². The minimum atomic E-state index is -0.434. The van der Waals surface area contributed by atoms with Gasteiger partial charge in [0, 0.05) is 16.1 Å². The molecule has 0 radical (unpaired) electrons. The number of rotatable bonds is 8. The normalized spacial score (nSPS) is 10.6. The number of hydrogen-bond acceptors (Lipinski definition) is 7. The fraction of sp³-hybridized carbons (Fsp3) is 0.115. The Morgan fingerprint density at radius 3 is 2.29 bits per heavy atom. The van der Waals surface area contributed by atoms with Crippen LogP contribution in [0, 0.1) is 0 Å². The van der Waals surface area contributed by atoms with E-state index in [0.717, 1.165) is 4.47 Å². The van der Waals surface area contributed by atoms with Gasteiger partial charge in [-0.2, -0.15) is 0 Å². The zero-order chi connectivity index (χ0) is 24.1. The first kappa shape index (κ1) is 23.3. The Balaban J connectivity index is 1.46. The predicted molar refractivity (Wildman–Crippen MR) is 129 cm³/mol. The van der Waals surface area contributed by atoms with Gasteiger partial charge in [0.25, 0.3) is 0 Å². The molecule has 3 aromatic carbocycles. The summed E-state index contributed by atoms with van der Waals surface area (Å²) in [5, 5.41) is 0.298. The van der Waals surface area contributed by atoms with E-state index in [4.69, 9.17) is 18.6 Å². The average Bonchev–Trinajstić information content (AvgIpc) is 2.85. The Morgan fingerprint density at radius 2 is 1.59 bits per heavy atom. The van der Waals surface area contributed by atoms with Crippen molar-refractivity contribution in [3.8, 4) is 17.2 Å². The Labute approximate surface area is 203 Å². The Hall–Kier alpha value is -3.91. The molecule has 0 spiro atoms. The number of carbonyl (C=O) groups is 2. The zero-order valence-corrected chi connectivity index (χ0v) is 19.7. The molecule has 0 atom stereocenters. The molecule has 0 saturated carbocycles. The molecule has 172 valence electrons. The molecule has 4 rings (SSSR count). The van der Waals surface area contributed by atoms with Crippen LogP contribution in [0.5, 0.6) is 17.2 Å². The van der Waals surface area contributed by atoms with Gasteiger partial charge in [0.2, 0.25) is 11.2 Å². The highest BCUT2D eigenvalue weighted by Gasteiger charge is 2.13. The number of hydrogen-bond donors (Lipinski definition) is 0. The van der Waals surface area contributed by atoms with Gasteiger partial charge in [0.05, 0.1) is 17.6 Å². The van der Waals surface area contributed by atoms with Crippen LogP contribution in [0.1, 0.15) is 27.6 Å². The number of esters is 1. The van der Waals surface area contributed by atoms with Crippen LogP contribution in [0.2, 0.25) is 0 Å². The maximum absolute atomic E-state index is 12.8. The summed E-state index contributed by atoms with van der Waals surface area (Å²) in [5.41, 5.74) is 0.843. The van der Waals surface area contributed by atoms with E-state index in [2.05, 4.69) is 15.9 Å². The molecule has 1 aromatic heterocycles. The molecule has 7 nitrogen and oxygen atoms in total. The zero-order valence-electron chi connectivity index (χ0n) is 18.1. The first-order valence-electron chi connectivity index (χ1n) is 10.4. The van der Waals surface area contributed by atoms with Crippen LogP contribution in [0.15, 0.2) is 86.7 Å². The molecular formula is C26H19BrO7. The summed E-state index contributed by atoms with van der Waals surface area (Å²) in [5.74, 6) is 0.147. The number of halogens is 1. The van der Waals surface area contributed by atoms with Gasteiger partial charge in [0.1, 0.15) is 23.3 Å². The van der Waals surface area contributed by atoms with Crippen molar-refractivity contribution in [2.45, 2.75) is 6.92 Å². The quantitative estimate of drug-likeness (QED) is 0.213. The van der Waals surface area contributed by atoms with Gasteiger partial charge in [-0.25, -0.2) is 4.79 Å². The summed E-state index contributed by atoms with van der Waals surface area (Å²) in [6.07, 6.45) is 1.21. The molecular weight excluding hydrogens is 504 g/mol. The molecule has 0 N–H and O–H groups in total. The van der Waals surface area contributed by atoms with Gasteiger partial charge in [-0.3, -0.25) is 9.59 Å². The highest BCUT2D eigenvalue weighted by atomic mass is 79.9. The SMILES string of the molecule is CCOC(=O)c1ccc(Oc2coc3cc(OCC(=O)c4ccc(Br)cc4)ccc3c2=O)cc1. The third kappa shape index (κ3) is 5.35. The van der Waals surface area contributed by atoms with Crippen LogP contribution < -0.4 is 14.9 Å². The largest absolute Gasteiger partial charge is 0.485 e. The van der Waals surface area contributed by atoms with E-state index < -0.39 is 5.97 Å². The molecule has 1 heterocycles. The molecule has 8 heteroatoms. The first-order chi connectivity index (χ1) is 16.4. The Bertz CT molecular complexity index is 1390. The molecule has 0 fully saturated rings. The highest BCUT2D eigenvalue weighted by Crippen LogP contribution is 2.24. The number of fused-ring (bicyclic) bond motifs is 1. The molecule has 0 aliphatic carbocycles. The second kappa shape index (κ2) is 10.4. The lowest BCUT2D eigenvalue weighted by molar-refractivity contribution is 0.0526. The number of Topliss-reactive ketones (excluding diaryl/α,β-unsaturated/α-hetero) is 1. The van der Waals surface area contributed by atoms with Gasteiger partial charge in [0.15, 0.2) is 12.4 Å². The number of ether oxygens (including phenoxy) is 3. The second-order valence-electron chi connectivity index (χ2n) is 7.15. The average molecular weight is 523 g/mol. The minimum Gasteiger partial charge on any atom is -0.485 e. The molecule has 0 amide bonds. The maximum atomic E-state index is 12.8. The van der Waals surface area contributed by atoms with Crippen LogP contribution in [0.3, 0.4) is 0 Å². The minimum absolute atomic E-state index is 0.00420. The molecule has 0 saturated heterocycles. The first-order valence-corrected chi connectivity index (χ1v) is 11.2. The summed E-state index contributed by atoms with van der Waals surface area (Å²) >= 11 is 3.33. The van der Waals surface area contributed by atoms with Crippen LogP contribution in [-0.4, -0.2) is 25.0 Å². The summed E-state index contributed by atoms with van der Waals surface area (Å²) in [6, 6.07) is 17.9. The van der Waals surface area contributed by atoms with E-state index in [1.165, 1.54) is 6.26 Å². The molecule has 34 heavy (non-hydrogen) atoms. The number of ketones is 1. The predicted octanol–water partition coefficient (Wildman–Crippen LogP) is 5.79. The maximum Gasteiger partial charge on any atom is 0.338 e. The van der Waals surface area contributed by atoms with E-state index in [9.17, 15) is 14.4 Å². The van der Waals surface area contributed by atoms with Crippen molar-refractivity contribution in [1.82, 2.24) is 0 Å². The van der Waals surface area contributed by atoms with Crippen molar-refractivity contribution < 1.29 is 28.2 Å². The summed E-state index contributed by atoms with van der Waals surface area (Å²) < 4.78 is 22.6. The Morgan fingerprint density at radius 1 is 0.912 bits per heavy atom. The second-order valence-corrected chi connectivity index (χ2v) is 8.07.